The Labute approximate surface area is 489 Å². The van der Waals surface area contributed by atoms with E-state index in [0.717, 1.165) is 44.9 Å². The SMILES string of the molecule is CCCCCCC/C=C\C/C=C\CCCCCCCCCCCCCCCCCCCCCCCCCC(=O)NC(CO)C(O)/C=C/CC/C=C/CC/C=C/CCCCCCCCCCCCCCCCCCCCCCC. The van der Waals surface area contributed by atoms with Crippen LogP contribution >= 0.6 is 0 Å². The second kappa shape index (κ2) is 69.4. The minimum Gasteiger partial charge on any atom is -0.394 e. The molecule has 0 saturated heterocycles. The highest BCUT2D eigenvalue weighted by atomic mass is 16.3. The van der Waals surface area contributed by atoms with Crippen molar-refractivity contribution < 1.29 is 15.0 Å². The van der Waals surface area contributed by atoms with E-state index in [-0.39, 0.29) is 12.5 Å². The van der Waals surface area contributed by atoms with Crippen molar-refractivity contribution in [3.8, 4) is 0 Å². The van der Waals surface area contributed by atoms with Gasteiger partial charge in [-0.25, -0.2) is 0 Å². The number of hydrogen-bond donors (Lipinski definition) is 3. The molecule has 0 aliphatic heterocycles. The average Bonchev–Trinajstić information content (AvgIpc) is 3.44. The lowest BCUT2D eigenvalue weighted by atomic mass is 10.0. The van der Waals surface area contributed by atoms with Crippen molar-refractivity contribution in [1.29, 1.82) is 0 Å². The van der Waals surface area contributed by atoms with Crippen LogP contribution in [0.4, 0.5) is 0 Å². The van der Waals surface area contributed by atoms with Gasteiger partial charge in [0.2, 0.25) is 5.91 Å². The lowest BCUT2D eigenvalue weighted by Crippen LogP contribution is -2.45. The zero-order valence-corrected chi connectivity index (χ0v) is 53.0. The van der Waals surface area contributed by atoms with Crippen LogP contribution in [-0.4, -0.2) is 34.9 Å². The summed E-state index contributed by atoms with van der Waals surface area (Å²) in [5, 5.41) is 23.3. The fourth-order valence-corrected chi connectivity index (χ4v) is 11.1. The smallest absolute Gasteiger partial charge is 0.220 e. The van der Waals surface area contributed by atoms with Crippen LogP contribution in [0.5, 0.6) is 0 Å². The molecule has 78 heavy (non-hydrogen) atoms. The van der Waals surface area contributed by atoms with Gasteiger partial charge in [0, 0.05) is 6.42 Å². The Balaban J connectivity index is 3.47. The largest absolute Gasteiger partial charge is 0.394 e. The van der Waals surface area contributed by atoms with Gasteiger partial charge in [-0.15, -0.1) is 0 Å². The highest BCUT2D eigenvalue weighted by Gasteiger charge is 2.18. The summed E-state index contributed by atoms with van der Waals surface area (Å²) in [7, 11) is 0. The highest BCUT2D eigenvalue weighted by molar-refractivity contribution is 5.76. The van der Waals surface area contributed by atoms with Gasteiger partial charge in [0.15, 0.2) is 0 Å². The molecule has 0 aliphatic rings. The summed E-state index contributed by atoms with van der Waals surface area (Å²) in [4.78, 5) is 12.5. The Morgan fingerprint density at radius 2 is 0.538 bits per heavy atom. The van der Waals surface area contributed by atoms with Crippen LogP contribution in [0.25, 0.3) is 0 Å². The minimum atomic E-state index is -0.873. The third-order valence-electron chi connectivity index (χ3n) is 16.5. The molecule has 1 amide bonds. The standard InChI is InChI=1S/C74H139NO3/c1-3-5-7-9-11-13-15-17-19-21-23-25-27-29-31-33-35-36-37-38-40-42-44-46-48-50-52-54-56-58-60-62-64-66-68-70-74(78)75-72(71-76)73(77)69-67-65-63-61-59-57-55-53-51-49-47-45-43-41-39-34-32-30-28-26-24-22-20-18-16-14-12-10-8-6-4-2/h15,17,21,23,51,53,59,61,67,69,72-73,76-77H,3-14,16,18-20,22,24-50,52,54-58,60,62-66,68,70-71H2,1-2H3,(H,75,78)/b17-15-,23-21-,53-51+,61-59+,69-67+. The monoisotopic (exact) mass is 1090 g/mol. The normalized spacial score (nSPS) is 13.0. The Morgan fingerprint density at radius 1 is 0.308 bits per heavy atom. The molecule has 0 heterocycles. The first-order valence-corrected chi connectivity index (χ1v) is 35.5. The van der Waals surface area contributed by atoms with E-state index in [1.165, 1.54) is 321 Å². The number of hydrogen-bond acceptors (Lipinski definition) is 3. The van der Waals surface area contributed by atoms with Gasteiger partial charge in [-0.05, 0) is 77.0 Å². The van der Waals surface area contributed by atoms with Crippen LogP contribution in [0.1, 0.15) is 386 Å². The van der Waals surface area contributed by atoms with Gasteiger partial charge in [-0.2, -0.15) is 0 Å². The lowest BCUT2D eigenvalue weighted by Gasteiger charge is -2.19. The van der Waals surface area contributed by atoms with Crippen LogP contribution in [0.3, 0.4) is 0 Å². The van der Waals surface area contributed by atoms with Gasteiger partial charge < -0.3 is 15.5 Å². The maximum atomic E-state index is 12.5. The summed E-state index contributed by atoms with van der Waals surface area (Å²) in [5.74, 6) is -0.0715. The van der Waals surface area contributed by atoms with Crippen LogP contribution in [0.2, 0.25) is 0 Å². The zero-order valence-electron chi connectivity index (χ0n) is 53.0. The molecular weight excluding hydrogens is 951 g/mol. The van der Waals surface area contributed by atoms with E-state index in [1.807, 2.05) is 6.08 Å². The molecular formula is C74H139NO3. The minimum absolute atomic E-state index is 0.0715. The van der Waals surface area contributed by atoms with Gasteiger partial charge in [0.1, 0.15) is 0 Å². The van der Waals surface area contributed by atoms with Crippen molar-refractivity contribution in [1.82, 2.24) is 5.32 Å². The van der Waals surface area contributed by atoms with Gasteiger partial charge in [-0.1, -0.05) is 364 Å². The van der Waals surface area contributed by atoms with Crippen molar-refractivity contribution in [2.75, 3.05) is 6.61 Å². The Hall–Kier alpha value is -1.91. The summed E-state index contributed by atoms with van der Waals surface area (Å²) in [6, 6.07) is -0.648. The molecule has 0 aromatic carbocycles. The molecule has 0 fully saturated rings. The van der Waals surface area contributed by atoms with E-state index in [0.29, 0.717) is 6.42 Å². The molecule has 3 N–H and O–H groups in total. The summed E-state index contributed by atoms with van der Waals surface area (Å²) >= 11 is 0. The topological polar surface area (TPSA) is 69.6 Å². The first-order chi connectivity index (χ1) is 38.7. The summed E-state index contributed by atoms with van der Waals surface area (Å²) in [5.41, 5.74) is 0. The number of unbranched alkanes of at least 4 members (excludes halogenated alkanes) is 51. The molecule has 458 valence electrons. The van der Waals surface area contributed by atoms with Crippen molar-refractivity contribution in [2.24, 2.45) is 0 Å². The Bertz CT molecular complexity index is 1280. The number of rotatable bonds is 66. The molecule has 0 aliphatic carbocycles. The van der Waals surface area contributed by atoms with Crippen LogP contribution in [0, 0.1) is 0 Å². The molecule has 0 rings (SSSR count). The lowest BCUT2D eigenvalue weighted by molar-refractivity contribution is -0.123. The summed E-state index contributed by atoms with van der Waals surface area (Å²) < 4.78 is 0. The molecule has 0 saturated carbocycles. The highest BCUT2D eigenvalue weighted by Crippen LogP contribution is 2.19. The number of aliphatic hydroxyl groups is 2. The van der Waals surface area contributed by atoms with E-state index >= 15 is 0 Å². The fourth-order valence-electron chi connectivity index (χ4n) is 11.1. The van der Waals surface area contributed by atoms with E-state index in [2.05, 4.69) is 67.8 Å². The van der Waals surface area contributed by atoms with Crippen molar-refractivity contribution in [2.45, 2.75) is 398 Å². The summed E-state index contributed by atoms with van der Waals surface area (Å²) in [6.07, 6.45) is 98.9. The number of allylic oxidation sites excluding steroid dienone is 9. The third-order valence-corrected chi connectivity index (χ3v) is 16.5. The van der Waals surface area contributed by atoms with Crippen molar-refractivity contribution in [3.63, 3.8) is 0 Å². The zero-order chi connectivity index (χ0) is 56.2. The first-order valence-electron chi connectivity index (χ1n) is 35.5. The predicted octanol–water partition coefficient (Wildman–Crippen LogP) is 24.3. The maximum absolute atomic E-state index is 12.5. The predicted molar refractivity (Wildman–Crippen MR) is 350 cm³/mol. The number of amides is 1. The van der Waals surface area contributed by atoms with E-state index < -0.39 is 12.1 Å². The molecule has 0 radical (unpaired) electrons. The molecule has 0 spiro atoms. The van der Waals surface area contributed by atoms with Crippen LogP contribution in [-0.2, 0) is 4.79 Å². The molecule has 2 unspecified atom stereocenters. The van der Waals surface area contributed by atoms with Crippen LogP contribution < -0.4 is 5.32 Å². The van der Waals surface area contributed by atoms with Crippen LogP contribution in [0.15, 0.2) is 60.8 Å². The molecule has 2 atom stereocenters. The van der Waals surface area contributed by atoms with Gasteiger partial charge >= 0.3 is 0 Å². The van der Waals surface area contributed by atoms with Crippen molar-refractivity contribution >= 4 is 5.91 Å². The second-order valence-electron chi connectivity index (χ2n) is 24.3. The maximum Gasteiger partial charge on any atom is 0.220 e. The molecule has 4 heteroatoms. The number of nitrogens with one attached hydrogen (secondary N) is 1. The van der Waals surface area contributed by atoms with Gasteiger partial charge in [0.25, 0.3) is 0 Å². The molecule has 4 nitrogen and oxygen atoms in total. The molecule has 0 bridgehead atoms. The number of carbonyl (C=O) groups is 1. The quantitative estimate of drug-likeness (QED) is 0.0420. The average molecular weight is 1090 g/mol. The number of carbonyl (C=O) groups excluding carboxylic acids is 1. The number of aliphatic hydroxyl groups excluding tert-OH is 2. The Morgan fingerprint density at radius 3 is 0.821 bits per heavy atom. The summed E-state index contributed by atoms with van der Waals surface area (Å²) in [6.45, 7) is 4.32. The van der Waals surface area contributed by atoms with Gasteiger partial charge in [0.05, 0.1) is 18.8 Å². The fraction of sp³-hybridized carbons (Fsp3) is 0.851. The first kappa shape index (κ1) is 76.1. The van der Waals surface area contributed by atoms with Gasteiger partial charge in [-0.3, -0.25) is 4.79 Å². The van der Waals surface area contributed by atoms with E-state index in [4.69, 9.17) is 0 Å². The molecule has 0 aromatic rings. The third kappa shape index (κ3) is 64.9. The second-order valence-corrected chi connectivity index (χ2v) is 24.3. The van der Waals surface area contributed by atoms with Crippen molar-refractivity contribution in [3.05, 3.63) is 60.8 Å². The Kier molecular flexibility index (Phi) is 67.7. The molecule has 0 aromatic heterocycles. The van der Waals surface area contributed by atoms with E-state index in [9.17, 15) is 15.0 Å². The van der Waals surface area contributed by atoms with E-state index in [1.54, 1.807) is 6.08 Å².